The lowest BCUT2D eigenvalue weighted by Gasteiger charge is -2.30. The maximum absolute atomic E-state index is 12.4. The van der Waals surface area contributed by atoms with Crippen molar-refractivity contribution in [3.8, 4) is 0 Å². The van der Waals surface area contributed by atoms with Gasteiger partial charge in [0.05, 0.1) is 0 Å². The van der Waals surface area contributed by atoms with E-state index in [0.29, 0.717) is 12.1 Å². The van der Waals surface area contributed by atoms with Gasteiger partial charge in [0.1, 0.15) is 5.60 Å². The fraction of sp³-hybridized carbons (Fsp3) is 0.944. The second kappa shape index (κ2) is 6.38. The Balaban J connectivity index is 1.56. The van der Waals surface area contributed by atoms with Gasteiger partial charge in [-0.1, -0.05) is 6.42 Å². The summed E-state index contributed by atoms with van der Waals surface area (Å²) in [5.74, 6) is 1.82. The topological polar surface area (TPSA) is 41.6 Å². The van der Waals surface area contributed by atoms with Crippen LogP contribution < -0.4 is 5.32 Å². The molecule has 0 spiro atoms. The Kier molecular flexibility index (Phi) is 4.67. The van der Waals surface area contributed by atoms with Crippen LogP contribution in [0.4, 0.5) is 4.79 Å². The zero-order valence-corrected chi connectivity index (χ0v) is 14.4. The lowest BCUT2D eigenvalue weighted by atomic mass is 10.0. The van der Waals surface area contributed by atoms with Crippen LogP contribution in [0.2, 0.25) is 0 Å². The Hall–Kier alpha value is -0.770. The molecule has 0 aromatic rings. The van der Waals surface area contributed by atoms with E-state index in [-0.39, 0.29) is 6.09 Å². The van der Waals surface area contributed by atoms with E-state index in [0.717, 1.165) is 31.3 Å². The fourth-order valence-electron chi connectivity index (χ4n) is 3.61. The first-order chi connectivity index (χ1) is 10.4. The summed E-state index contributed by atoms with van der Waals surface area (Å²) < 4.78 is 5.56. The maximum atomic E-state index is 12.4. The molecule has 3 aliphatic rings. The predicted molar refractivity (Wildman–Crippen MR) is 87.8 cm³/mol. The van der Waals surface area contributed by atoms with Crippen molar-refractivity contribution in [3.05, 3.63) is 0 Å². The third-order valence-corrected chi connectivity index (χ3v) is 5.01. The zero-order chi connectivity index (χ0) is 15.7. The Morgan fingerprint density at radius 3 is 2.27 bits per heavy atom. The summed E-state index contributed by atoms with van der Waals surface area (Å²) >= 11 is 0. The number of amides is 1. The molecule has 1 atom stereocenters. The van der Waals surface area contributed by atoms with Crippen LogP contribution in [0, 0.1) is 11.8 Å². The van der Waals surface area contributed by atoms with Crippen LogP contribution in [-0.2, 0) is 4.74 Å². The molecule has 0 aromatic carbocycles. The van der Waals surface area contributed by atoms with Crippen molar-refractivity contribution in [2.45, 2.75) is 83.4 Å². The van der Waals surface area contributed by atoms with Gasteiger partial charge >= 0.3 is 6.09 Å². The predicted octanol–water partition coefficient (Wildman–Crippen LogP) is 3.55. The summed E-state index contributed by atoms with van der Waals surface area (Å²) in [5.41, 5.74) is -0.406. The fourth-order valence-corrected chi connectivity index (χ4v) is 3.61. The van der Waals surface area contributed by atoms with E-state index in [4.69, 9.17) is 4.74 Å². The van der Waals surface area contributed by atoms with Crippen LogP contribution in [0.3, 0.4) is 0 Å². The highest BCUT2D eigenvalue weighted by Crippen LogP contribution is 2.44. The molecule has 2 saturated carbocycles. The molecule has 1 amide bonds. The second-order valence-electron chi connectivity index (χ2n) is 8.49. The molecule has 22 heavy (non-hydrogen) atoms. The molecule has 3 rings (SSSR count). The number of hydrogen-bond donors (Lipinski definition) is 1. The third-order valence-electron chi connectivity index (χ3n) is 5.01. The van der Waals surface area contributed by atoms with Gasteiger partial charge in [-0.05, 0) is 71.1 Å². The van der Waals surface area contributed by atoms with E-state index in [1.54, 1.807) is 0 Å². The van der Waals surface area contributed by atoms with E-state index in [9.17, 15) is 4.79 Å². The van der Waals surface area contributed by atoms with Crippen LogP contribution in [0.25, 0.3) is 0 Å². The number of carbonyl (C=O) groups excluding carboxylic acids is 1. The van der Waals surface area contributed by atoms with Crippen molar-refractivity contribution < 1.29 is 9.53 Å². The molecule has 1 aliphatic heterocycles. The summed E-state index contributed by atoms with van der Waals surface area (Å²) in [4.78, 5) is 14.3. The van der Waals surface area contributed by atoms with Crippen LogP contribution >= 0.6 is 0 Å². The first kappa shape index (κ1) is 16.1. The first-order valence-corrected chi connectivity index (χ1v) is 9.16. The van der Waals surface area contributed by atoms with Crippen LogP contribution in [-0.4, -0.2) is 41.8 Å². The molecule has 4 heteroatoms. The lowest BCUT2D eigenvalue weighted by molar-refractivity contribution is 0.0240. The summed E-state index contributed by atoms with van der Waals surface area (Å²) in [6.07, 6.45) is 8.94. The Labute approximate surface area is 135 Å². The van der Waals surface area contributed by atoms with Crippen LogP contribution in [0.15, 0.2) is 0 Å². The van der Waals surface area contributed by atoms with Gasteiger partial charge in [0.15, 0.2) is 0 Å². The number of ether oxygens (including phenoxy) is 1. The van der Waals surface area contributed by atoms with E-state index in [1.165, 1.54) is 38.5 Å². The number of nitrogens with zero attached hydrogens (tertiary/aromatic N) is 1. The SMILES string of the molecule is CC(C)(C)OC(=O)N1CCCCC(NC(C2CC2)C2CC2)C1. The Morgan fingerprint density at radius 1 is 1.09 bits per heavy atom. The summed E-state index contributed by atoms with van der Waals surface area (Å²) in [6.45, 7) is 7.47. The van der Waals surface area contributed by atoms with Crippen molar-refractivity contribution in [1.29, 1.82) is 0 Å². The smallest absolute Gasteiger partial charge is 0.410 e. The summed E-state index contributed by atoms with van der Waals surface area (Å²) in [7, 11) is 0. The van der Waals surface area contributed by atoms with Crippen molar-refractivity contribution >= 4 is 6.09 Å². The van der Waals surface area contributed by atoms with Crippen molar-refractivity contribution in [2.24, 2.45) is 11.8 Å². The van der Waals surface area contributed by atoms with Gasteiger partial charge in [-0.2, -0.15) is 0 Å². The van der Waals surface area contributed by atoms with Gasteiger partial charge in [-0.25, -0.2) is 4.79 Å². The molecular formula is C18H32N2O2. The third kappa shape index (κ3) is 4.61. The molecule has 1 saturated heterocycles. The maximum Gasteiger partial charge on any atom is 0.410 e. The number of likely N-dealkylation sites (tertiary alicyclic amines) is 1. The molecule has 0 bridgehead atoms. The van der Waals surface area contributed by atoms with Gasteiger partial charge in [0.25, 0.3) is 0 Å². The number of nitrogens with one attached hydrogen (secondary N) is 1. The molecule has 1 heterocycles. The first-order valence-electron chi connectivity index (χ1n) is 9.16. The summed E-state index contributed by atoms with van der Waals surface area (Å²) in [5, 5.41) is 3.92. The minimum absolute atomic E-state index is 0.143. The average Bonchev–Trinajstić information content (AvgIpc) is 3.29. The lowest BCUT2D eigenvalue weighted by Crippen LogP contribution is -2.48. The van der Waals surface area contributed by atoms with Crippen molar-refractivity contribution in [3.63, 3.8) is 0 Å². The van der Waals surface area contributed by atoms with Crippen molar-refractivity contribution in [1.82, 2.24) is 10.2 Å². The zero-order valence-electron chi connectivity index (χ0n) is 14.4. The average molecular weight is 308 g/mol. The van der Waals surface area contributed by atoms with Gasteiger partial charge in [0, 0.05) is 25.2 Å². The van der Waals surface area contributed by atoms with Gasteiger partial charge < -0.3 is 15.0 Å². The minimum Gasteiger partial charge on any atom is -0.444 e. The number of rotatable bonds is 4. The van der Waals surface area contributed by atoms with Crippen LogP contribution in [0.1, 0.15) is 65.7 Å². The Morgan fingerprint density at radius 2 is 1.73 bits per heavy atom. The normalized spacial score (nSPS) is 26.9. The summed E-state index contributed by atoms with van der Waals surface area (Å²) in [6, 6.07) is 1.16. The molecule has 3 fully saturated rings. The molecular weight excluding hydrogens is 276 g/mol. The second-order valence-corrected chi connectivity index (χ2v) is 8.49. The molecule has 1 unspecified atom stereocenters. The number of carbonyl (C=O) groups is 1. The molecule has 4 nitrogen and oxygen atoms in total. The van der Waals surface area contributed by atoms with Crippen LogP contribution in [0.5, 0.6) is 0 Å². The van der Waals surface area contributed by atoms with E-state index in [1.807, 2.05) is 25.7 Å². The standard InChI is InChI=1S/C18H32N2O2/c1-18(2,3)22-17(21)20-11-5-4-6-15(12-20)19-16(13-7-8-13)14-9-10-14/h13-16,19H,4-12H2,1-3H3. The van der Waals surface area contributed by atoms with E-state index in [2.05, 4.69) is 5.32 Å². The molecule has 0 radical (unpaired) electrons. The van der Waals surface area contributed by atoms with Gasteiger partial charge in [-0.15, -0.1) is 0 Å². The van der Waals surface area contributed by atoms with Gasteiger partial charge in [-0.3, -0.25) is 0 Å². The van der Waals surface area contributed by atoms with E-state index >= 15 is 0 Å². The largest absolute Gasteiger partial charge is 0.444 e. The quantitative estimate of drug-likeness (QED) is 0.863. The molecule has 2 aliphatic carbocycles. The highest BCUT2D eigenvalue weighted by atomic mass is 16.6. The molecule has 1 N–H and O–H groups in total. The Bertz CT molecular complexity index is 384. The monoisotopic (exact) mass is 308 g/mol. The number of hydrogen-bond acceptors (Lipinski definition) is 3. The molecule has 0 aromatic heterocycles. The van der Waals surface area contributed by atoms with Crippen molar-refractivity contribution in [2.75, 3.05) is 13.1 Å². The highest BCUT2D eigenvalue weighted by Gasteiger charge is 2.42. The minimum atomic E-state index is -0.406. The molecule has 126 valence electrons. The van der Waals surface area contributed by atoms with Gasteiger partial charge in [0.2, 0.25) is 0 Å². The highest BCUT2D eigenvalue weighted by molar-refractivity contribution is 5.68. The van der Waals surface area contributed by atoms with E-state index < -0.39 is 5.60 Å².